The molecule has 0 aliphatic carbocycles. The van der Waals surface area contributed by atoms with E-state index in [0.717, 1.165) is 0 Å². The van der Waals surface area contributed by atoms with Gasteiger partial charge in [0.05, 0.1) is 16.9 Å². The van der Waals surface area contributed by atoms with E-state index >= 15 is 0 Å². The van der Waals surface area contributed by atoms with Gasteiger partial charge in [-0.15, -0.1) is 5.11 Å². The highest BCUT2D eigenvalue weighted by Crippen LogP contribution is 2.23. The van der Waals surface area contributed by atoms with Crippen LogP contribution < -0.4 is 5.32 Å². The van der Waals surface area contributed by atoms with E-state index in [-0.39, 0.29) is 11.7 Å². The third kappa shape index (κ3) is 3.41. The molecule has 0 aliphatic rings. The molecule has 2 N–H and O–H groups in total. The maximum atomic E-state index is 11.8. The minimum atomic E-state index is -0.236. The van der Waals surface area contributed by atoms with Crippen molar-refractivity contribution in [2.45, 2.75) is 0 Å². The number of aromatic hydroxyl groups is 1. The molecule has 1 radical (unpaired) electrons. The minimum Gasteiger partial charge on any atom is -0.508 e. The molecule has 0 spiro atoms. The lowest BCUT2D eigenvalue weighted by Crippen LogP contribution is -2.22. The quantitative estimate of drug-likeness (QED) is 0.834. The van der Waals surface area contributed by atoms with Crippen LogP contribution >= 0.6 is 0 Å². The summed E-state index contributed by atoms with van der Waals surface area (Å²) < 4.78 is 0. The van der Waals surface area contributed by atoms with Gasteiger partial charge in [-0.2, -0.15) is 5.11 Å². The molecule has 0 bridgehead atoms. The second-order valence-electron chi connectivity index (χ2n) is 3.99. The van der Waals surface area contributed by atoms with Crippen molar-refractivity contribution >= 4 is 17.3 Å². The van der Waals surface area contributed by atoms with Gasteiger partial charge in [-0.1, -0.05) is 12.1 Å². The van der Waals surface area contributed by atoms with Crippen molar-refractivity contribution in [3.8, 4) is 5.75 Å². The van der Waals surface area contributed by atoms with Gasteiger partial charge in [-0.25, -0.2) is 0 Å². The Labute approximate surface area is 117 Å². The first-order chi connectivity index (χ1) is 9.70. The van der Waals surface area contributed by atoms with Gasteiger partial charge in [-0.05, 0) is 43.3 Å². The van der Waals surface area contributed by atoms with Crippen LogP contribution in [0, 0.1) is 6.92 Å². The maximum Gasteiger partial charge on any atom is 0.253 e. The zero-order chi connectivity index (χ0) is 14.4. The van der Waals surface area contributed by atoms with Crippen LogP contribution in [0.4, 0.5) is 11.4 Å². The number of carbonyl (C=O) groups excluding carboxylic acids is 1. The van der Waals surface area contributed by atoms with Crippen molar-refractivity contribution in [2.24, 2.45) is 10.2 Å². The fourth-order valence-corrected chi connectivity index (χ4v) is 1.59. The highest BCUT2D eigenvalue weighted by molar-refractivity contribution is 5.98. The summed E-state index contributed by atoms with van der Waals surface area (Å²) in [6, 6.07) is 13.3. The van der Waals surface area contributed by atoms with Gasteiger partial charge in [0, 0.05) is 6.54 Å². The summed E-state index contributed by atoms with van der Waals surface area (Å²) in [6.07, 6.45) is 0. The standard InChI is InChI=1S/C15H14N3O2/c1-2-16-15(20)13-5-3-4-6-14(13)18-17-11-7-9-12(19)10-8-11/h3-10,19H,1-2H2,(H,16,20). The number of hydrogen-bond acceptors (Lipinski definition) is 4. The lowest BCUT2D eigenvalue weighted by molar-refractivity contribution is 0.0958. The summed E-state index contributed by atoms with van der Waals surface area (Å²) in [4.78, 5) is 11.8. The zero-order valence-corrected chi connectivity index (χ0v) is 10.8. The van der Waals surface area contributed by atoms with Gasteiger partial charge >= 0.3 is 0 Å². The van der Waals surface area contributed by atoms with Gasteiger partial charge < -0.3 is 10.4 Å². The van der Waals surface area contributed by atoms with Crippen molar-refractivity contribution in [3.05, 3.63) is 61.0 Å². The molecule has 0 aromatic heterocycles. The Balaban J connectivity index is 2.24. The Morgan fingerprint density at radius 1 is 1.10 bits per heavy atom. The molecule has 2 aromatic carbocycles. The number of hydrogen-bond donors (Lipinski definition) is 2. The number of benzene rings is 2. The molecular weight excluding hydrogens is 254 g/mol. The molecule has 0 heterocycles. The van der Waals surface area contributed by atoms with E-state index in [1.165, 1.54) is 12.1 Å². The molecule has 0 saturated carbocycles. The smallest absolute Gasteiger partial charge is 0.253 e. The van der Waals surface area contributed by atoms with Crippen LogP contribution in [0.1, 0.15) is 10.4 Å². The molecular formula is C15H14N3O2. The number of azo groups is 1. The van der Waals surface area contributed by atoms with Crippen LogP contribution in [0.2, 0.25) is 0 Å². The number of rotatable bonds is 4. The monoisotopic (exact) mass is 268 g/mol. The lowest BCUT2D eigenvalue weighted by atomic mass is 10.1. The predicted octanol–water partition coefficient (Wildman–Crippen LogP) is 3.37. The molecule has 0 fully saturated rings. The Morgan fingerprint density at radius 2 is 1.80 bits per heavy atom. The highest BCUT2D eigenvalue weighted by Gasteiger charge is 2.09. The Kier molecular flexibility index (Phi) is 4.44. The first-order valence-corrected chi connectivity index (χ1v) is 6.08. The molecule has 2 aromatic rings. The molecule has 1 amide bonds. The van der Waals surface area contributed by atoms with Crippen LogP contribution in [0.25, 0.3) is 0 Å². The second-order valence-corrected chi connectivity index (χ2v) is 3.99. The SMILES string of the molecule is [CH2]CNC(=O)c1ccccc1N=Nc1ccc(O)cc1. The van der Waals surface area contributed by atoms with Gasteiger partial charge in [-0.3, -0.25) is 4.79 Å². The normalized spacial score (nSPS) is 10.7. The van der Waals surface area contributed by atoms with Crippen LogP contribution in [-0.4, -0.2) is 17.6 Å². The van der Waals surface area contributed by atoms with Crippen molar-refractivity contribution in [3.63, 3.8) is 0 Å². The summed E-state index contributed by atoms with van der Waals surface area (Å²) in [6.45, 7) is 3.88. The fourth-order valence-electron chi connectivity index (χ4n) is 1.59. The van der Waals surface area contributed by atoms with E-state index in [4.69, 9.17) is 0 Å². The van der Waals surface area contributed by atoms with Crippen LogP contribution in [-0.2, 0) is 0 Å². The van der Waals surface area contributed by atoms with E-state index in [0.29, 0.717) is 23.5 Å². The molecule has 5 heteroatoms. The maximum absolute atomic E-state index is 11.8. The first-order valence-electron chi connectivity index (χ1n) is 6.08. The third-order valence-electron chi connectivity index (χ3n) is 2.56. The van der Waals surface area contributed by atoms with E-state index in [1.807, 2.05) is 0 Å². The second kappa shape index (κ2) is 6.47. The average Bonchev–Trinajstić information content (AvgIpc) is 2.47. The number of carbonyl (C=O) groups is 1. The minimum absolute atomic E-state index is 0.166. The topological polar surface area (TPSA) is 74.0 Å². The van der Waals surface area contributed by atoms with E-state index in [9.17, 15) is 9.90 Å². The Hall–Kier alpha value is -2.69. The van der Waals surface area contributed by atoms with Crippen molar-refractivity contribution in [2.75, 3.05) is 6.54 Å². The van der Waals surface area contributed by atoms with Crippen molar-refractivity contribution in [1.82, 2.24) is 5.32 Å². The summed E-state index contributed by atoms with van der Waals surface area (Å²) >= 11 is 0. The molecule has 5 nitrogen and oxygen atoms in total. The van der Waals surface area contributed by atoms with Crippen LogP contribution in [0.3, 0.4) is 0 Å². The predicted molar refractivity (Wildman–Crippen MR) is 76.4 cm³/mol. The number of nitrogens with zero attached hydrogens (tertiary/aromatic N) is 2. The number of phenolic OH excluding ortho intramolecular Hbond substituents is 1. The average molecular weight is 268 g/mol. The highest BCUT2D eigenvalue weighted by atomic mass is 16.3. The van der Waals surface area contributed by atoms with Gasteiger partial charge in [0.15, 0.2) is 0 Å². The van der Waals surface area contributed by atoms with Gasteiger partial charge in [0.1, 0.15) is 5.75 Å². The number of amides is 1. The first kappa shape index (κ1) is 13.7. The van der Waals surface area contributed by atoms with E-state index < -0.39 is 0 Å². The largest absolute Gasteiger partial charge is 0.508 e. The zero-order valence-electron chi connectivity index (χ0n) is 10.8. The van der Waals surface area contributed by atoms with Gasteiger partial charge in [0.25, 0.3) is 5.91 Å². The van der Waals surface area contributed by atoms with E-state index in [2.05, 4.69) is 22.5 Å². The summed E-state index contributed by atoms with van der Waals surface area (Å²) in [5.41, 5.74) is 1.51. The molecule has 20 heavy (non-hydrogen) atoms. The van der Waals surface area contributed by atoms with Crippen LogP contribution in [0.5, 0.6) is 5.75 Å². The molecule has 0 unspecified atom stereocenters. The molecule has 0 aliphatic heterocycles. The summed E-state index contributed by atoms with van der Waals surface area (Å²) in [7, 11) is 0. The van der Waals surface area contributed by atoms with Crippen molar-refractivity contribution < 1.29 is 9.90 Å². The van der Waals surface area contributed by atoms with E-state index in [1.54, 1.807) is 36.4 Å². The lowest BCUT2D eigenvalue weighted by Gasteiger charge is -2.04. The van der Waals surface area contributed by atoms with Gasteiger partial charge in [0.2, 0.25) is 0 Å². The number of nitrogens with one attached hydrogen (secondary N) is 1. The summed E-state index contributed by atoms with van der Waals surface area (Å²) in [5.74, 6) is -0.0700. The van der Waals surface area contributed by atoms with Crippen LogP contribution in [0.15, 0.2) is 58.8 Å². The Bertz CT molecular complexity index is 621. The molecule has 0 saturated heterocycles. The molecule has 2 rings (SSSR count). The Morgan fingerprint density at radius 3 is 2.50 bits per heavy atom. The number of phenols is 1. The third-order valence-corrected chi connectivity index (χ3v) is 2.56. The fraction of sp³-hybridized carbons (Fsp3) is 0.0667. The molecule has 101 valence electrons. The summed E-state index contributed by atoms with van der Waals surface area (Å²) in [5, 5.41) is 19.9. The van der Waals surface area contributed by atoms with Crippen molar-refractivity contribution in [1.29, 1.82) is 0 Å². The molecule has 0 atom stereocenters.